The largest absolute Gasteiger partial charge is 0.247 e. The number of benzene rings is 4. The Bertz CT molecular complexity index is 1720. The van der Waals surface area contributed by atoms with Crippen molar-refractivity contribution in [2.24, 2.45) is 0 Å². The van der Waals surface area contributed by atoms with Crippen LogP contribution in [0.5, 0.6) is 0 Å². The lowest BCUT2D eigenvalue weighted by Crippen LogP contribution is -2.41. The predicted octanol–water partition coefficient (Wildman–Crippen LogP) is 8.75. The van der Waals surface area contributed by atoms with Crippen LogP contribution in [0.25, 0.3) is 22.1 Å². The van der Waals surface area contributed by atoms with Crippen LogP contribution >= 0.6 is 23.5 Å². The van der Waals surface area contributed by atoms with Gasteiger partial charge in [0.1, 0.15) is 0 Å². The van der Waals surface area contributed by atoms with Gasteiger partial charge in [0, 0.05) is 20.6 Å². The number of hydrogen-bond donors (Lipinski definition) is 0. The van der Waals surface area contributed by atoms with Gasteiger partial charge in [0.15, 0.2) is 0 Å². The molecule has 178 valence electrons. The molecule has 4 aromatic carbocycles. The molecule has 37 heavy (non-hydrogen) atoms. The summed E-state index contributed by atoms with van der Waals surface area (Å²) in [6, 6.07) is 34.1. The van der Waals surface area contributed by atoms with E-state index in [-0.39, 0.29) is 17.5 Å². The highest BCUT2D eigenvalue weighted by molar-refractivity contribution is 8.05. The molecule has 0 amide bonds. The molecule has 0 bridgehead atoms. The SMILES string of the molecule is CC1(C)C2=C(B3C4=C(Sc5cccc(c53)S2)C(C)(C)c2c4cccc2-c2ccccc2)c2ccccc21. The summed E-state index contributed by atoms with van der Waals surface area (Å²) in [5.74, 6) is 0. The lowest BCUT2D eigenvalue weighted by atomic mass is 9.34. The quantitative estimate of drug-likeness (QED) is 0.235. The Balaban J connectivity index is 1.46. The first-order chi connectivity index (χ1) is 17.9. The Morgan fingerprint density at radius 2 is 1.11 bits per heavy atom. The average Bonchev–Trinajstić information content (AvgIpc) is 3.29. The zero-order chi connectivity index (χ0) is 25.1. The maximum atomic E-state index is 2.45. The molecule has 0 spiro atoms. The van der Waals surface area contributed by atoms with E-state index in [2.05, 4.69) is 119 Å². The van der Waals surface area contributed by atoms with Gasteiger partial charge in [0.05, 0.1) is 0 Å². The molecule has 0 N–H and O–H groups in total. The van der Waals surface area contributed by atoms with Crippen LogP contribution in [0.3, 0.4) is 0 Å². The van der Waals surface area contributed by atoms with Gasteiger partial charge in [-0.1, -0.05) is 141 Å². The van der Waals surface area contributed by atoms with Gasteiger partial charge in [-0.2, -0.15) is 0 Å². The van der Waals surface area contributed by atoms with E-state index >= 15 is 0 Å². The molecule has 3 heteroatoms. The van der Waals surface area contributed by atoms with Crippen molar-refractivity contribution in [1.29, 1.82) is 0 Å². The molecule has 0 aromatic heterocycles. The van der Waals surface area contributed by atoms with E-state index in [0.717, 1.165) is 0 Å². The fraction of sp³-hybridized carbons (Fsp3) is 0.176. The molecule has 2 aliphatic heterocycles. The van der Waals surface area contributed by atoms with Crippen LogP contribution in [0.15, 0.2) is 111 Å². The van der Waals surface area contributed by atoms with Crippen molar-refractivity contribution in [3.05, 3.63) is 123 Å². The molecule has 2 aliphatic carbocycles. The number of thioether (sulfide) groups is 2. The predicted molar refractivity (Wildman–Crippen MR) is 162 cm³/mol. The summed E-state index contributed by atoms with van der Waals surface area (Å²) in [5.41, 5.74) is 13.1. The Kier molecular flexibility index (Phi) is 4.41. The van der Waals surface area contributed by atoms with Crippen LogP contribution < -0.4 is 5.46 Å². The van der Waals surface area contributed by atoms with Crippen molar-refractivity contribution in [3.63, 3.8) is 0 Å². The Hall–Kier alpha value is -2.88. The van der Waals surface area contributed by atoms with Gasteiger partial charge in [0.25, 0.3) is 0 Å². The zero-order valence-corrected chi connectivity index (χ0v) is 23.2. The molecule has 0 nitrogen and oxygen atoms in total. The normalized spacial score (nSPS) is 19.3. The van der Waals surface area contributed by atoms with E-state index in [1.807, 2.05) is 23.5 Å². The van der Waals surface area contributed by atoms with E-state index in [0.29, 0.717) is 0 Å². The summed E-state index contributed by atoms with van der Waals surface area (Å²) in [5, 5.41) is 0. The van der Waals surface area contributed by atoms with E-state index in [9.17, 15) is 0 Å². The second kappa shape index (κ2) is 7.37. The Morgan fingerprint density at radius 3 is 1.86 bits per heavy atom. The molecule has 0 saturated heterocycles. The van der Waals surface area contributed by atoms with Crippen molar-refractivity contribution >= 4 is 46.6 Å². The van der Waals surface area contributed by atoms with E-state index < -0.39 is 0 Å². The maximum Gasteiger partial charge on any atom is 0.247 e. The fourth-order valence-electron chi connectivity index (χ4n) is 7.30. The third-order valence-electron chi connectivity index (χ3n) is 8.90. The maximum absolute atomic E-state index is 2.45. The minimum atomic E-state index is -0.0611. The summed E-state index contributed by atoms with van der Waals surface area (Å²) in [7, 11) is 0. The third kappa shape index (κ3) is 2.74. The van der Waals surface area contributed by atoms with E-state index in [1.54, 1.807) is 10.9 Å². The molecule has 0 radical (unpaired) electrons. The third-order valence-corrected chi connectivity index (χ3v) is 11.9. The van der Waals surface area contributed by atoms with Gasteiger partial charge in [-0.25, -0.2) is 0 Å². The zero-order valence-electron chi connectivity index (χ0n) is 21.6. The van der Waals surface area contributed by atoms with Crippen molar-refractivity contribution in [2.45, 2.75) is 48.3 Å². The second-order valence-corrected chi connectivity index (χ2v) is 13.8. The van der Waals surface area contributed by atoms with Gasteiger partial charge in [-0.05, 0) is 60.8 Å². The number of allylic oxidation sites excluding steroid dienone is 2. The molecule has 0 saturated carbocycles. The summed E-state index contributed by atoms with van der Waals surface area (Å²) in [6.07, 6.45) is 0. The lowest BCUT2D eigenvalue weighted by Gasteiger charge is -2.36. The highest BCUT2D eigenvalue weighted by Gasteiger charge is 2.53. The number of hydrogen-bond acceptors (Lipinski definition) is 2. The molecule has 0 unspecified atom stereocenters. The van der Waals surface area contributed by atoms with Gasteiger partial charge < -0.3 is 0 Å². The smallest absolute Gasteiger partial charge is 0.0946 e. The number of rotatable bonds is 1. The van der Waals surface area contributed by atoms with Crippen molar-refractivity contribution in [2.75, 3.05) is 0 Å². The van der Waals surface area contributed by atoms with E-state index in [4.69, 9.17) is 0 Å². The average molecular weight is 511 g/mol. The van der Waals surface area contributed by atoms with Crippen LogP contribution in [-0.4, -0.2) is 6.71 Å². The molecular formula is C34H27BS2. The first-order valence-corrected chi connectivity index (χ1v) is 14.8. The molecular weight excluding hydrogens is 483 g/mol. The van der Waals surface area contributed by atoms with Crippen LogP contribution in [-0.2, 0) is 10.8 Å². The highest BCUT2D eigenvalue weighted by Crippen LogP contribution is 2.63. The Labute approximate surface area is 228 Å². The highest BCUT2D eigenvalue weighted by atomic mass is 32.2. The lowest BCUT2D eigenvalue weighted by molar-refractivity contribution is 0.672. The van der Waals surface area contributed by atoms with Gasteiger partial charge >= 0.3 is 0 Å². The number of fused-ring (bicyclic) bond motifs is 6. The minimum Gasteiger partial charge on any atom is -0.0946 e. The minimum absolute atomic E-state index is 0.0123. The van der Waals surface area contributed by atoms with Crippen LogP contribution in [0.1, 0.15) is 49.9 Å². The van der Waals surface area contributed by atoms with Crippen molar-refractivity contribution in [3.8, 4) is 11.1 Å². The fourth-order valence-corrected chi connectivity index (χ4v) is 10.2. The first kappa shape index (κ1) is 22.1. The van der Waals surface area contributed by atoms with Crippen LogP contribution in [0, 0.1) is 0 Å². The van der Waals surface area contributed by atoms with Gasteiger partial charge in [-0.3, -0.25) is 0 Å². The summed E-state index contributed by atoms with van der Waals surface area (Å²) >= 11 is 4.04. The van der Waals surface area contributed by atoms with Crippen LogP contribution in [0.4, 0.5) is 0 Å². The summed E-state index contributed by atoms with van der Waals surface area (Å²) in [4.78, 5) is 5.94. The molecule has 4 aromatic rings. The first-order valence-electron chi connectivity index (χ1n) is 13.2. The summed E-state index contributed by atoms with van der Waals surface area (Å²) in [6.45, 7) is 10.0. The molecule has 8 rings (SSSR count). The summed E-state index contributed by atoms with van der Waals surface area (Å²) < 4.78 is 0. The molecule has 0 atom stereocenters. The van der Waals surface area contributed by atoms with Crippen molar-refractivity contribution < 1.29 is 0 Å². The monoisotopic (exact) mass is 510 g/mol. The Morgan fingerprint density at radius 1 is 0.541 bits per heavy atom. The molecule has 2 heterocycles. The van der Waals surface area contributed by atoms with Gasteiger partial charge in [-0.15, -0.1) is 0 Å². The molecule has 0 fully saturated rings. The topological polar surface area (TPSA) is 0 Å². The van der Waals surface area contributed by atoms with Crippen LogP contribution in [0.2, 0.25) is 0 Å². The standard InChI is InChI=1S/C34H27BS2/c1-33(2)24-17-9-8-14-22(24)28-31(33)36-25-18-11-19-26-30(25)35(28)29-23-16-10-15-21(20-12-6-5-7-13-20)27(23)34(3,4)32(29)37-26/h5-19H,1-4H3. The molecule has 4 aliphatic rings. The second-order valence-electron chi connectivity index (χ2n) is 11.7. The van der Waals surface area contributed by atoms with Crippen molar-refractivity contribution in [1.82, 2.24) is 0 Å². The van der Waals surface area contributed by atoms with Gasteiger partial charge in [0.2, 0.25) is 6.71 Å². The van der Waals surface area contributed by atoms with E-state index in [1.165, 1.54) is 58.4 Å².